The number of aromatic nitrogens is 6. The van der Waals surface area contributed by atoms with E-state index in [1.54, 1.807) is 10.9 Å². The van der Waals surface area contributed by atoms with Gasteiger partial charge in [0.2, 0.25) is 0 Å². The van der Waals surface area contributed by atoms with Gasteiger partial charge in [0, 0.05) is 13.0 Å². The summed E-state index contributed by atoms with van der Waals surface area (Å²) in [6.07, 6.45) is 5.11. The number of aryl methyl sites for hydroxylation is 1. The number of nitrogens with two attached hydrogens (primary N) is 1. The zero-order chi connectivity index (χ0) is 11.0. The van der Waals surface area contributed by atoms with Crippen molar-refractivity contribution in [2.75, 3.05) is 5.73 Å². The quantitative estimate of drug-likeness (QED) is 0.758. The molecule has 7 nitrogen and oxygen atoms in total. The molecule has 2 aromatic rings. The van der Waals surface area contributed by atoms with Crippen molar-refractivity contribution in [2.45, 2.75) is 32.4 Å². The smallest absolute Gasteiger partial charge is 0.165 e. The monoisotopic (exact) mass is 219 g/mol. The maximum absolute atomic E-state index is 5.51. The predicted octanol–water partition coefficient (Wildman–Crippen LogP) is -0.164. The highest BCUT2D eigenvalue weighted by Crippen LogP contribution is 2.14. The molecule has 3 rings (SSSR count). The summed E-state index contributed by atoms with van der Waals surface area (Å²) in [5.74, 6) is 2.44. The van der Waals surface area contributed by atoms with E-state index in [1.165, 1.54) is 12.8 Å². The summed E-state index contributed by atoms with van der Waals surface area (Å²) in [7, 11) is 0. The maximum Gasteiger partial charge on any atom is 0.165 e. The number of anilines is 1. The van der Waals surface area contributed by atoms with Crippen LogP contribution in [-0.2, 0) is 19.5 Å². The van der Waals surface area contributed by atoms with E-state index < -0.39 is 0 Å². The van der Waals surface area contributed by atoms with Crippen LogP contribution in [0.15, 0.2) is 6.20 Å². The third-order valence-corrected chi connectivity index (χ3v) is 2.80. The number of nitrogens with zero attached hydrogens (tertiary/aromatic N) is 6. The van der Waals surface area contributed by atoms with E-state index in [2.05, 4.69) is 25.1 Å². The molecule has 0 radical (unpaired) electrons. The lowest BCUT2D eigenvalue weighted by molar-refractivity contribution is 0.493. The van der Waals surface area contributed by atoms with Crippen LogP contribution in [0.1, 0.15) is 24.5 Å². The molecule has 16 heavy (non-hydrogen) atoms. The molecule has 2 N–H and O–H groups in total. The van der Waals surface area contributed by atoms with Crippen molar-refractivity contribution in [3.63, 3.8) is 0 Å². The van der Waals surface area contributed by atoms with Crippen molar-refractivity contribution in [3.8, 4) is 0 Å². The van der Waals surface area contributed by atoms with Gasteiger partial charge in [-0.2, -0.15) is 0 Å². The Kier molecular flexibility index (Phi) is 2.09. The first-order chi connectivity index (χ1) is 7.83. The summed E-state index contributed by atoms with van der Waals surface area (Å²) in [5, 5.41) is 16.0. The average molecular weight is 219 g/mol. The number of nitrogen functional groups attached to an aromatic ring is 1. The summed E-state index contributed by atoms with van der Waals surface area (Å²) < 4.78 is 3.85. The Morgan fingerprint density at radius 3 is 3.00 bits per heavy atom. The molecule has 0 fully saturated rings. The highest BCUT2D eigenvalue weighted by atomic mass is 15.4. The Morgan fingerprint density at radius 2 is 2.19 bits per heavy atom. The average Bonchev–Trinajstić information content (AvgIpc) is 2.87. The SMILES string of the molecule is Nc1cn(Cc2nnc3n2CCCC3)nn1. The molecule has 0 bridgehead atoms. The number of rotatable bonds is 2. The Bertz CT molecular complexity index is 498. The van der Waals surface area contributed by atoms with Crippen molar-refractivity contribution in [2.24, 2.45) is 0 Å². The van der Waals surface area contributed by atoms with Crippen molar-refractivity contribution in [1.82, 2.24) is 29.8 Å². The minimum Gasteiger partial charge on any atom is -0.381 e. The Hall–Kier alpha value is -1.92. The molecule has 0 spiro atoms. The van der Waals surface area contributed by atoms with Crippen LogP contribution in [0.2, 0.25) is 0 Å². The van der Waals surface area contributed by atoms with Crippen LogP contribution in [0.3, 0.4) is 0 Å². The van der Waals surface area contributed by atoms with Crippen molar-refractivity contribution in [1.29, 1.82) is 0 Å². The predicted molar refractivity (Wildman–Crippen MR) is 56.5 cm³/mol. The van der Waals surface area contributed by atoms with Gasteiger partial charge in [0.05, 0.1) is 6.20 Å². The molecular formula is C9H13N7. The van der Waals surface area contributed by atoms with Crippen LogP contribution in [0.4, 0.5) is 5.82 Å². The van der Waals surface area contributed by atoms with Crippen LogP contribution in [0.25, 0.3) is 0 Å². The lowest BCUT2D eigenvalue weighted by atomic mass is 10.2. The lowest BCUT2D eigenvalue weighted by Gasteiger charge is -2.14. The van der Waals surface area contributed by atoms with Crippen LogP contribution < -0.4 is 5.73 Å². The van der Waals surface area contributed by atoms with E-state index in [0.717, 1.165) is 24.6 Å². The number of hydrogen-bond acceptors (Lipinski definition) is 5. The molecule has 2 aromatic heterocycles. The molecule has 1 aliphatic heterocycles. The fraction of sp³-hybridized carbons (Fsp3) is 0.556. The van der Waals surface area contributed by atoms with Gasteiger partial charge in [0.15, 0.2) is 11.6 Å². The largest absolute Gasteiger partial charge is 0.381 e. The van der Waals surface area contributed by atoms with E-state index in [-0.39, 0.29) is 0 Å². The van der Waals surface area contributed by atoms with E-state index in [9.17, 15) is 0 Å². The summed E-state index contributed by atoms with van der Waals surface area (Å²) in [5.41, 5.74) is 5.51. The van der Waals surface area contributed by atoms with Gasteiger partial charge < -0.3 is 10.3 Å². The zero-order valence-corrected chi connectivity index (χ0v) is 8.87. The second-order valence-corrected chi connectivity index (χ2v) is 3.98. The highest BCUT2D eigenvalue weighted by Gasteiger charge is 2.15. The molecule has 0 amide bonds. The zero-order valence-electron chi connectivity index (χ0n) is 8.87. The van der Waals surface area contributed by atoms with Gasteiger partial charge in [-0.15, -0.1) is 15.3 Å². The standard InChI is InChI=1S/C9H13N7/c10-7-5-15(14-11-7)6-9-13-12-8-3-1-2-4-16(8)9/h5H,1-4,6,10H2. The van der Waals surface area contributed by atoms with Crippen LogP contribution in [0, 0.1) is 0 Å². The normalized spacial score (nSPS) is 15.0. The molecule has 0 aliphatic carbocycles. The first-order valence-electron chi connectivity index (χ1n) is 5.39. The summed E-state index contributed by atoms with van der Waals surface area (Å²) in [4.78, 5) is 0. The number of fused-ring (bicyclic) bond motifs is 1. The molecule has 1 aliphatic rings. The van der Waals surface area contributed by atoms with Crippen molar-refractivity contribution < 1.29 is 0 Å². The van der Waals surface area contributed by atoms with Gasteiger partial charge >= 0.3 is 0 Å². The molecular weight excluding hydrogens is 206 g/mol. The molecule has 0 saturated heterocycles. The Labute approximate surface area is 92.3 Å². The summed E-state index contributed by atoms with van der Waals surface area (Å²) in [6.45, 7) is 1.58. The second-order valence-electron chi connectivity index (χ2n) is 3.98. The summed E-state index contributed by atoms with van der Waals surface area (Å²) in [6, 6.07) is 0. The molecule has 3 heterocycles. The first kappa shape index (κ1) is 9.32. The van der Waals surface area contributed by atoms with Crippen LogP contribution in [-0.4, -0.2) is 29.8 Å². The lowest BCUT2D eigenvalue weighted by Crippen LogP contribution is -2.15. The van der Waals surface area contributed by atoms with Crippen molar-refractivity contribution in [3.05, 3.63) is 17.8 Å². The Balaban J connectivity index is 1.87. The fourth-order valence-corrected chi connectivity index (χ4v) is 2.02. The first-order valence-corrected chi connectivity index (χ1v) is 5.39. The molecule has 0 atom stereocenters. The van der Waals surface area contributed by atoms with Gasteiger partial charge in [0.25, 0.3) is 0 Å². The van der Waals surface area contributed by atoms with Crippen molar-refractivity contribution >= 4 is 5.82 Å². The maximum atomic E-state index is 5.51. The molecule has 7 heteroatoms. The molecule has 0 aromatic carbocycles. The topological polar surface area (TPSA) is 87.4 Å². The fourth-order valence-electron chi connectivity index (χ4n) is 2.02. The van der Waals surface area contributed by atoms with E-state index in [1.807, 2.05) is 0 Å². The highest BCUT2D eigenvalue weighted by molar-refractivity contribution is 5.20. The van der Waals surface area contributed by atoms with Gasteiger partial charge in [0.1, 0.15) is 12.4 Å². The molecule has 84 valence electrons. The minimum absolute atomic E-state index is 0.429. The third kappa shape index (κ3) is 1.54. The third-order valence-electron chi connectivity index (χ3n) is 2.80. The molecule has 0 unspecified atom stereocenters. The molecule has 0 saturated carbocycles. The van der Waals surface area contributed by atoms with Crippen LogP contribution >= 0.6 is 0 Å². The Morgan fingerprint density at radius 1 is 1.25 bits per heavy atom. The van der Waals surface area contributed by atoms with Gasteiger partial charge in [-0.05, 0) is 12.8 Å². The summed E-state index contributed by atoms with van der Waals surface area (Å²) >= 11 is 0. The van der Waals surface area contributed by atoms with Gasteiger partial charge in [-0.3, -0.25) is 0 Å². The van der Waals surface area contributed by atoms with E-state index in [0.29, 0.717) is 12.4 Å². The van der Waals surface area contributed by atoms with E-state index >= 15 is 0 Å². The second kappa shape index (κ2) is 3.58. The minimum atomic E-state index is 0.429. The number of hydrogen-bond donors (Lipinski definition) is 1. The van der Waals surface area contributed by atoms with Gasteiger partial charge in [-0.1, -0.05) is 5.21 Å². The van der Waals surface area contributed by atoms with Crippen LogP contribution in [0.5, 0.6) is 0 Å². The van der Waals surface area contributed by atoms with E-state index in [4.69, 9.17) is 5.73 Å². The van der Waals surface area contributed by atoms with Gasteiger partial charge in [-0.25, -0.2) is 4.68 Å².